The molecule has 0 saturated carbocycles. The van der Waals surface area contributed by atoms with E-state index in [-0.39, 0.29) is 36.2 Å². The zero-order valence-electron chi connectivity index (χ0n) is 19.8. The zero-order valence-corrected chi connectivity index (χ0v) is 22.9. The molecule has 1 aliphatic rings. The summed E-state index contributed by atoms with van der Waals surface area (Å²) in [5, 5.41) is 13.5. The summed E-state index contributed by atoms with van der Waals surface area (Å²) in [7, 11) is 0. The topological polar surface area (TPSA) is 104 Å². The van der Waals surface area contributed by atoms with E-state index in [4.69, 9.17) is 23.2 Å². The molecule has 4 aromatic rings. The summed E-state index contributed by atoms with van der Waals surface area (Å²) in [5.74, 6) is -0.103. The molecule has 2 aromatic carbocycles. The number of benzene rings is 2. The molecule has 0 unspecified atom stereocenters. The molecule has 2 aromatic heterocycles. The van der Waals surface area contributed by atoms with Gasteiger partial charge < -0.3 is 15.3 Å². The van der Waals surface area contributed by atoms with Gasteiger partial charge in [0.05, 0.1) is 22.2 Å². The minimum Gasteiger partial charge on any atom is -0.465 e. The fraction of sp³-hybridized carbons (Fsp3) is 0.185. The van der Waals surface area contributed by atoms with Crippen molar-refractivity contribution in [3.05, 3.63) is 91.4 Å². The average molecular weight is 616 g/mol. The van der Waals surface area contributed by atoms with Crippen LogP contribution in [-0.2, 0) is 11.3 Å². The number of carbonyl (C=O) groups excluding carboxylic acids is 1. The number of amides is 2. The van der Waals surface area contributed by atoms with Crippen LogP contribution in [-0.4, -0.2) is 44.0 Å². The number of rotatable bonds is 6. The van der Waals surface area contributed by atoms with Crippen molar-refractivity contribution in [2.45, 2.75) is 25.4 Å². The van der Waals surface area contributed by atoms with Gasteiger partial charge in [0.25, 0.3) is 5.56 Å². The quantitative estimate of drug-likeness (QED) is 0.283. The van der Waals surface area contributed by atoms with Gasteiger partial charge in [-0.2, -0.15) is 0 Å². The Kier molecular flexibility index (Phi) is 7.43. The number of nitrogens with one attached hydrogen (secondary N) is 1. The molecule has 1 atom stereocenters. The minimum absolute atomic E-state index is 0.0962. The lowest BCUT2D eigenvalue weighted by Gasteiger charge is -2.22. The number of carbonyl (C=O) groups is 2. The number of halogens is 3. The van der Waals surface area contributed by atoms with E-state index in [1.165, 1.54) is 10.6 Å². The van der Waals surface area contributed by atoms with Crippen LogP contribution in [0, 0.1) is 0 Å². The fourth-order valence-corrected chi connectivity index (χ4v) is 5.49. The summed E-state index contributed by atoms with van der Waals surface area (Å²) in [4.78, 5) is 42.0. The van der Waals surface area contributed by atoms with E-state index >= 15 is 0 Å². The third-order valence-corrected chi connectivity index (χ3v) is 8.19. The number of carboxylic acid groups (broad SMARTS) is 1. The summed E-state index contributed by atoms with van der Waals surface area (Å²) >= 11 is 16.8. The van der Waals surface area contributed by atoms with E-state index in [0.717, 1.165) is 31.6 Å². The Hall–Kier alpha value is -3.40. The molecule has 5 rings (SSSR count). The van der Waals surface area contributed by atoms with Crippen LogP contribution in [0.15, 0.2) is 70.2 Å². The van der Waals surface area contributed by atoms with E-state index in [0.29, 0.717) is 28.5 Å². The van der Waals surface area contributed by atoms with Gasteiger partial charge >= 0.3 is 6.09 Å². The number of pyridine rings is 1. The van der Waals surface area contributed by atoms with E-state index in [9.17, 15) is 19.5 Å². The van der Waals surface area contributed by atoms with Gasteiger partial charge in [0.15, 0.2) is 0 Å². The second-order valence-corrected chi connectivity index (χ2v) is 10.6. The van der Waals surface area contributed by atoms with Crippen molar-refractivity contribution < 1.29 is 14.7 Å². The highest BCUT2D eigenvalue weighted by Gasteiger charge is 2.26. The first-order valence-corrected chi connectivity index (χ1v) is 13.3. The second-order valence-electron chi connectivity index (χ2n) is 8.97. The highest BCUT2D eigenvalue weighted by Crippen LogP contribution is 2.41. The normalized spacial score (nSPS) is 15.0. The predicted octanol–water partition coefficient (Wildman–Crippen LogP) is 5.86. The fourth-order valence-electron chi connectivity index (χ4n) is 4.56. The first kappa shape index (κ1) is 26.2. The number of aromatic nitrogens is 2. The summed E-state index contributed by atoms with van der Waals surface area (Å²) in [6.45, 7) is -0.0432. The highest BCUT2D eigenvalue weighted by molar-refractivity contribution is 9.10. The predicted molar refractivity (Wildman–Crippen MR) is 150 cm³/mol. The summed E-state index contributed by atoms with van der Waals surface area (Å²) in [6, 6.07) is 14.5. The van der Waals surface area contributed by atoms with E-state index in [1.807, 2.05) is 36.4 Å². The van der Waals surface area contributed by atoms with Crippen molar-refractivity contribution in [3.63, 3.8) is 0 Å². The molecule has 2 N–H and O–H groups in total. The molecule has 1 saturated heterocycles. The summed E-state index contributed by atoms with van der Waals surface area (Å²) in [5.41, 5.74) is 3.30. The molecule has 3 heterocycles. The first-order valence-electron chi connectivity index (χ1n) is 11.7. The Morgan fingerprint density at radius 2 is 1.82 bits per heavy atom. The van der Waals surface area contributed by atoms with Crippen LogP contribution in [0.1, 0.15) is 18.4 Å². The van der Waals surface area contributed by atoms with E-state index in [1.54, 1.807) is 18.3 Å². The van der Waals surface area contributed by atoms with Crippen molar-refractivity contribution in [3.8, 4) is 22.3 Å². The minimum atomic E-state index is -1.17. The number of nitrogens with zero attached hydrogens (tertiary/aromatic N) is 3. The first-order chi connectivity index (χ1) is 18.2. The Morgan fingerprint density at radius 1 is 1.11 bits per heavy atom. The standard InChI is InChI=1S/C27H21BrCl2N4O4/c28-21-6-2-5-20(25(21)30)19-4-1-3-18(24(19)29)15-9-10-34-22(11-15)31-12-16(26(34)36)13-33(27(37)38)14-17-7-8-23(35)32-17/h1-6,9-12,17H,7-8,13-14H2,(H,32,35)(H,37,38)/t17-/m0/s1. The molecule has 1 aliphatic heterocycles. The van der Waals surface area contributed by atoms with Gasteiger partial charge in [-0.25, -0.2) is 9.78 Å². The van der Waals surface area contributed by atoms with Gasteiger partial charge in [-0.05, 0) is 46.1 Å². The van der Waals surface area contributed by atoms with Crippen LogP contribution >= 0.6 is 39.1 Å². The van der Waals surface area contributed by atoms with Gasteiger partial charge in [-0.1, -0.05) is 53.5 Å². The van der Waals surface area contributed by atoms with Gasteiger partial charge in [-0.3, -0.25) is 14.0 Å². The molecule has 2 amide bonds. The van der Waals surface area contributed by atoms with Crippen LogP contribution in [0.2, 0.25) is 10.0 Å². The summed E-state index contributed by atoms with van der Waals surface area (Å²) < 4.78 is 2.14. The van der Waals surface area contributed by atoms with Gasteiger partial charge in [0, 0.05) is 52.6 Å². The third-order valence-electron chi connectivity index (χ3n) is 6.49. The largest absolute Gasteiger partial charge is 0.465 e. The molecule has 11 heteroatoms. The lowest BCUT2D eigenvalue weighted by Crippen LogP contribution is -2.42. The van der Waals surface area contributed by atoms with E-state index < -0.39 is 6.09 Å². The molecule has 1 fully saturated rings. The molecular weight excluding hydrogens is 595 g/mol. The average Bonchev–Trinajstić information content (AvgIpc) is 3.31. The SMILES string of the molecule is O=C1CC[C@@H](CN(Cc2cnc3cc(-c4cccc(-c5cccc(Br)c5Cl)c4Cl)ccn3c2=O)C(=O)O)N1. The van der Waals surface area contributed by atoms with Crippen molar-refractivity contribution in [1.29, 1.82) is 0 Å². The van der Waals surface area contributed by atoms with Crippen molar-refractivity contribution in [2.24, 2.45) is 0 Å². The number of fused-ring (bicyclic) bond motifs is 1. The van der Waals surface area contributed by atoms with Crippen molar-refractivity contribution in [1.82, 2.24) is 19.6 Å². The van der Waals surface area contributed by atoms with Crippen LogP contribution in [0.5, 0.6) is 0 Å². The highest BCUT2D eigenvalue weighted by atomic mass is 79.9. The zero-order chi connectivity index (χ0) is 27.0. The van der Waals surface area contributed by atoms with Crippen molar-refractivity contribution >= 4 is 56.8 Å². The molecule has 0 aliphatic carbocycles. The van der Waals surface area contributed by atoms with Crippen LogP contribution < -0.4 is 10.9 Å². The van der Waals surface area contributed by atoms with Gasteiger partial charge in [0.2, 0.25) is 5.91 Å². The maximum Gasteiger partial charge on any atom is 0.407 e. The third kappa shape index (κ3) is 5.14. The Labute approximate surface area is 236 Å². The Balaban J connectivity index is 1.46. The van der Waals surface area contributed by atoms with Crippen LogP contribution in [0.3, 0.4) is 0 Å². The summed E-state index contributed by atoms with van der Waals surface area (Å²) in [6.07, 6.45) is 2.73. The Bertz CT molecular complexity index is 1640. The maximum absolute atomic E-state index is 13.2. The smallest absolute Gasteiger partial charge is 0.407 e. The van der Waals surface area contributed by atoms with Gasteiger partial charge in [-0.15, -0.1) is 0 Å². The monoisotopic (exact) mass is 614 g/mol. The van der Waals surface area contributed by atoms with Crippen LogP contribution in [0.25, 0.3) is 27.9 Å². The lowest BCUT2D eigenvalue weighted by molar-refractivity contribution is -0.119. The molecule has 8 nitrogen and oxygen atoms in total. The lowest BCUT2D eigenvalue weighted by atomic mass is 9.99. The molecular formula is C27H21BrCl2N4O4. The van der Waals surface area contributed by atoms with Crippen molar-refractivity contribution in [2.75, 3.05) is 6.54 Å². The molecule has 0 bridgehead atoms. The maximum atomic E-state index is 13.2. The number of hydrogen-bond acceptors (Lipinski definition) is 4. The number of hydrogen-bond donors (Lipinski definition) is 2. The van der Waals surface area contributed by atoms with Gasteiger partial charge in [0.1, 0.15) is 5.65 Å². The molecule has 38 heavy (non-hydrogen) atoms. The Morgan fingerprint density at radius 3 is 2.53 bits per heavy atom. The molecule has 0 spiro atoms. The van der Waals surface area contributed by atoms with Crippen LogP contribution in [0.4, 0.5) is 4.79 Å². The molecule has 194 valence electrons. The van der Waals surface area contributed by atoms with E-state index in [2.05, 4.69) is 26.2 Å². The second kappa shape index (κ2) is 10.8. The molecule has 0 radical (unpaired) electrons.